The van der Waals surface area contributed by atoms with Crippen LogP contribution in [0.2, 0.25) is 0 Å². The number of hydrogen-bond donors (Lipinski definition) is 1. The van der Waals surface area contributed by atoms with Gasteiger partial charge in [-0.1, -0.05) is 43.7 Å². The van der Waals surface area contributed by atoms with Gasteiger partial charge in [0.15, 0.2) is 5.52 Å². The molecule has 2 heterocycles. The first-order valence-corrected chi connectivity index (χ1v) is 7.42. The fourth-order valence-electron chi connectivity index (χ4n) is 2.48. The van der Waals surface area contributed by atoms with E-state index in [9.17, 15) is 9.59 Å². The van der Waals surface area contributed by atoms with Crippen LogP contribution in [0.3, 0.4) is 0 Å². The van der Waals surface area contributed by atoms with Crippen LogP contribution in [0.25, 0.3) is 11.2 Å². The van der Waals surface area contributed by atoms with E-state index in [1.807, 2.05) is 37.3 Å². The number of benzene rings is 1. The molecule has 0 saturated carbocycles. The Morgan fingerprint density at radius 3 is 2.68 bits per heavy atom. The summed E-state index contributed by atoms with van der Waals surface area (Å²) in [7, 11) is 0. The number of nitrogens with one attached hydrogen (secondary N) is 1. The number of aromatic nitrogens is 4. The minimum atomic E-state index is -0.374. The molecular formula is C16H18N4O2. The largest absolute Gasteiger partial charge is 0.330 e. The van der Waals surface area contributed by atoms with Crippen molar-refractivity contribution in [2.24, 2.45) is 0 Å². The molecule has 0 aliphatic heterocycles. The number of fused-ring (bicyclic) bond motifs is 1. The van der Waals surface area contributed by atoms with Crippen LogP contribution >= 0.6 is 0 Å². The summed E-state index contributed by atoms with van der Waals surface area (Å²) in [5, 5.41) is 0. The molecule has 0 spiro atoms. The van der Waals surface area contributed by atoms with Gasteiger partial charge in [0, 0.05) is 6.54 Å². The highest BCUT2D eigenvalue weighted by Gasteiger charge is 2.12. The van der Waals surface area contributed by atoms with E-state index in [-0.39, 0.29) is 11.2 Å². The van der Waals surface area contributed by atoms with E-state index in [0.717, 1.165) is 18.4 Å². The summed E-state index contributed by atoms with van der Waals surface area (Å²) in [5.41, 5.74) is 1.18. The maximum Gasteiger partial charge on any atom is 0.330 e. The Hall–Kier alpha value is -2.63. The zero-order valence-electron chi connectivity index (χ0n) is 12.5. The van der Waals surface area contributed by atoms with Crippen LogP contribution in [0.1, 0.15) is 25.3 Å². The van der Waals surface area contributed by atoms with Crippen molar-refractivity contribution in [1.82, 2.24) is 19.1 Å². The van der Waals surface area contributed by atoms with Gasteiger partial charge in [-0.3, -0.25) is 14.3 Å². The van der Waals surface area contributed by atoms with Gasteiger partial charge >= 0.3 is 5.69 Å². The molecule has 2 aromatic heterocycles. The summed E-state index contributed by atoms with van der Waals surface area (Å²) in [6.07, 6.45) is 3.31. The smallest absolute Gasteiger partial charge is 0.312 e. The van der Waals surface area contributed by atoms with Crippen molar-refractivity contribution >= 4 is 11.2 Å². The molecule has 1 N–H and O–H groups in total. The Morgan fingerprint density at radius 2 is 1.95 bits per heavy atom. The molecule has 22 heavy (non-hydrogen) atoms. The second-order valence-electron chi connectivity index (χ2n) is 5.30. The Balaban J connectivity index is 2.05. The summed E-state index contributed by atoms with van der Waals surface area (Å²) in [4.78, 5) is 31.5. The summed E-state index contributed by atoms with van der Waals surface area (Å²) in [5.74, 6) is 0. The highest BCUT2D eigenvalue weighted by Crippen LogP contribution is 2.08. The number of aromatic amines is 1. The lowest BCUT2D eigenvalue weighted by Gasteiger charge is -2.06. The average molecular weight is 298 g/mol. The van der Waals surface area contributed by atoms with E-state index in [4.69, 9.17) is 0 Å². The topological polar surface area (TPSA) is 72.7 Å². The molecule has 0 bridgehead atoms. The van der Waals surface area contributed by atoms with Crippen molar-refractivity contribution in [3.8, 4) is 0 Å². The molecule has 6 nitrogen and oxygen atoms in total. The van der Waals surface area contributed by atoms with Gasteiger partial charge in [0.1, 0.15) is 5.65 Å². The van der Waals surface area contributed by atoms with E-state index in [0.29, 0.717) is 24.3 Å². The minimum Gasteiger partial charge on any atom is -0.312 e. The molecule has 0 saturated heterocycles. The summed E-state index contributed by atoms with van der Waals surface area (Å²) >= 11 is 0. The quantitative estimate of drug-likeness (QED) is 0.779. The van der Waals surface area contributed by atoms with Crippen molar-refractivity contribution in [3.05, 3.63) is 63.1 Å². The molecule has 6 heteroatoms. The zero-order valence-corrected chi connectivity index (χ0v) is 12.5. The highest BCUT2D eigenvalue weighted by atomic mass is 16.2. The molecule has 3 rings (SSSR count). The van der Waals surface area contributed by atoms with Crippen molar-refractivity contribution in [1.29, 1.82) is 0 Å². The number of unbranched alkanes of at least 4 members (excludes halogenated alkanes) is 1. The summed E-state index contributed by atoms with van der Waals surface area (Å²) < 4.78 is 3.02. The molecule has 0 atom stereocenters. The Labute approximate surface area is 127 Å². The zero-order chi connectivity index (χ0) is 15.5. The molecule has 0 amide bonds. The monoisotopic (exact) mass is 298 g/mol. The summed E-state index contributed by atoms with van der Waals surface area (Å²) in [6, 6.07) is 9.84. The van der Waals surface area contributed by atoms with Gasteiger partial charge in [0.25, 0.3) is 5.56 Å². The van der Waals surface area contributed by atoms with Gasteiger partial charge in [-0.25, -0.2) is 9.78 Å². The number of imidazole rings is 1. The van der Waals surface area contributed by atoms with Crippen LogP contribution in [0.15, 0.2) is 46.2 Å². The van der Waals surface area contributed by atoms with Crippen molar-refractivity contribution in [3.63, 3.8) is 0 Å². The molecule has 0 aliphatic rings. The van der Waals surface area contributed by atoms with Crippen molar-refractivity contribution < 1.29 is 0 Å². The average Bonchev–Trinajstić information content (AvgIpc) is 2.91. The van der Waals surface area contributed by atoms with Gasteiger partial charge in [0.05, 0.1) is 12.9 Å². The molecule has 114 valence electrons. The van der Waals surface area contributed by atoms with Gasteiger partial charge in [-0.05, 0) is 12.0 Å². The van der Waals surface area contributed by atoms with E-state index < -0.39 is 0 Å². The molecule has 0 radical (unpaired) electrons. The highest BCUT2D eigenvalue weighted by molar-refractivity contribution is 5.69. The number of hydrogen-bond acceptors (Lipinski definition) is 3. The van der Waals surface area contributed by atoms with E-state index in [1.54, 1.807) is 10.9 Å². The number of rotatable bonds is 5. The van der Waals surface area contributed by atoms with Gasteiger partial charge in [-0.15, -0.1) is 0 Å². The van der Waals surface area contributed by atoms with Crippen LogP contribution in [-0.4, -0.2) is 19.1 Å². The maximum absolute atomic E-state index is 12.4. The van der Waals surface area contributed by atoms with Crippen LogP contribution in [0, 0.1) is 0 Å². The number of nitrogens with zero attached hydrogens (tertiary/aromatic N) is 3. The van der Waals surface area contributed by atoms with Gasteiger partial charge in [0.2, 0.25) is 0 Å². The number of H-pyrrole nitrogens is 1. The van der Waals surface area contributed by atoms with Crippen LogP contribution in [0.5, 0.6) is 0 Å². The molecule has 0 fully saturated rings. The predicted molar refractivity (Wildman–Crippen MR) is 85.1 cm³/mol. The third kappa shape index (κ3) is 2.59. The standard InChI is InChI=1S/C16H18N4O2/c1-2-3-9-20-15(21)13-14(18-16(20)22)19(11-17-13)10-12-7-5-4-6-8-12/h4-8,11H,2-3,9-10H2,1H3,(H,18,22). The van der Waals surface area contributed by atoms with Gasteiger partial charge < -0.3 is 4.57 Å². The van der Waals surface area contributed by atoms with Gasteiger partial charge in [-0.2, -0.15) is 0 Å². The van der Waals surface area contributed by atoms with E-state index in [1.165, 1.54) is 4.57 Å². The lowest BCUT2D eigenvalue weighted by molar-refractivity contribution is 0.587. The third-order valence-electron chi connectivity index (χ3n) is 3.69. The molecule has 3 aromatic rings. The normalized spacial score (nSPS) is 11.1. The Kier molecular flexibility index (Phi) is 3.91. The summed E-state index contributed by atoms with van der Waals surface area (Å²) in [6.45, 7) is 3.00. The molecular weight excluding hydrogens is 280 g/mol. The molecule has 0 aliphatic carbocycles. The van der Waals surface area contributed by atoms with E-state index in [2.05, 4.69) is 9.97 Å². The minimum absolute atomic E-state index is 0.312. The molecule has 1 aromatic carbocycles. The fraction of sp³-hybridized carbons (Fsp3) is 0.312. The lowest BCUT2D eigenvalue weighted by Crippen LogP contribution is -2.35. The van der Waals surface area contributed by atoms with Crippen molar-refractivity contribution in [2.75, 3.05) is 0 Å². The third-order valence-corrected chi connectivity index (χ3v) is 3.69. The van der Waals surface area contributed by atoms with Crippen LogP contribution in [0.4, 0.5) is 0 Å². The Bertz CT molecular complexity index is 890. The van der Waals surface area contributed by atoms with E-state index >= 15 is 0 Å². The second-order valence-corrected chi connectivity index (χ2v) is 5.30. The van der Waals surface area contributed by atoms with Crippen LogP contribution in [-0.2, 0) is 13.1 Å². The van der Waals surface area contributed by atoms with Crippen molar-refractivity contribution in [2.45, 2.75) is 32.9 Å². The first-order chi connectivity index (χ1) is 10.7. The second kappa shape index (κ2) is 6.01. The first-order valence-electron chi connectivity index (χ1n) is 7.42. The predicted octanol–water partition coefficient (Wildman–Crippen LogP) is 1.73. The van der Waals surface area contributed by atoms with Crippen LogP contribution < -0.4 is 11.2 Å². The fourth-order valence-corrected chi connectivity index (χ4v) is 2.48. The lowest BCUT2D eigenvalue weighted by atomic mass is 10.2. The Morgan fingerprint density at radius 1 is 1.18 bits per heavy atom. The molecule has 0 unspecified atom stereocenters. The maximum atomic E-state index is 12.4. The SMILES string of the molecule is CCCCn1c(=O)[nH]c2c(ncn2Cc2ccccc2)c1=O. The first kappa shape index (κ1) is 14.3.